The summed E-state index contributed by atoms with van der Waals surface area (Å²) >= 11 is 0. The van der Waals surface area contributed by atoms with E-state index >= 15 is 0 Å². The van der Waals surface area contributed by atoms with Crippen LogP contribution in [0.4, 0.5) is 0 Å². The van der Waals surface area contributed by atoms with Gasteiger partial charge in [0.05, 0.1) is 0 Å². The molecule has 1 amide bonds. The second-order valence-corrected chi connectivity index (χ2v) is 5.33. The molecule has 20 heavy (non-hydrogen) atoms. The van der Waals surface area contributed by atoms with Gasteiger partial charge in [-0.2, -0.15) is 0 Å². The number of hydrogen-bond acceptors (Lipinski definition) is 2. The molecule has 0 radical (unpaired) electrons. The Hall–Kier alpha value is -1.84. The van der Waals surface area contributed by atoms with Crippen LogP contribution in [-0.2, 0) is 16.0 Å². The lowest BCUT2D eigenvalue weighted by molar-refractivity contribution is -0.137. The standard InChI is InChI=1S/C16H23NO3/c1-12(2)14(11-13-7-4-3-5-8-13)16(20)17-10-6-9-15(18)19/h3-5,7-8,12,14H,6,9-11H2,1-2H3,(H,17,20)(H,18,19). The van der Waals surface area contributed by atoms with Gasteiger partial charge in [0, 0.05) is 18.9 Å². The predicted octanol–water partition coefficient (Wildman–Crippen LogP) is 2.48. The van der Waals surface area contributed by atoms with Gasteiger partial charge in [0.2, 0.25) is 5.91 Å². The number of amides is 1. The number of rotatable bonds is 8. The van der Waals surface area contributed by atoms with Gasteiger partial charge in [0.25, 0.3) is 0 Å². The van der Waals surface area contributed by atoms with Crippen molar-refractivity contribution in [3.8, 4) is 0 Å². The van der Waals surface area contributed by atoms with Crippen molar-refractivity contribution in [2.75, 3.05) is 6.54 Å². The van der Waals surface area contributed by atoms with Crippen LogP contribution < -0.4 is 5.32 Å². The number of hydrogen-bond donors (Lipinski definition) is 2. The minimum Gasteiger partial charge on any atom is -0.481 e. The summed E-state index contributed by atoms with van der Waals surface area (Å²) in [5.41, 5.74) is 1.15. The molecule has 0 fully saturated rings. The largest absolute Gasteiger partial charge is 0.481 e. The van der Waals surface area contributed by atoms with Crippen LogP contribution in [0.1, 0.15) is 32.3 Å². The molecule has 0 spiro atoms. The quantitative estimate of drug-likeness (QED) is 0.717. The molecule has 4 heteroatoms. The van der Waals surface area contributed by atoms with E-state index in [0.717, 1.165) is 5.56 Å². The molecule has 110 valence electrons. The number of carbonyl (C=O) groups excluding carboxylic acids is 1. The molecule has 1 rings (SSSR count). The number of carboxylic acid groups (broad SMARTS) is 1. The predicted molar refractivity (Wildman–Crippen MR) is 78.4 cm³/mol. The fraction of sp³-hybridized carbons (Fsp3) is 0.500. The summed E-state index contributed by atoms with van der Waals surface area (Å²) < 4.78 is 0. The second kappa shape index (κ2) is 8.35. The number of nitrogens with one attached hydrogen (secondary N) is 1. The highest BCUT2D eigenvalue weighted by Gasteiger charge is 2.22. The molecule has 0 aliphatic heterocycles. The topological polar surface area (TPSA) is 66.4 Å². The summed E-state index contributed by atoms with van der Waals surface area (Å²) in [6.45, 7) is 4.48. The van der Waals surface area contributed by atoms with Gasteiger partial charge in [-0.25, -0.2) is 0 Å². The first-order valence-corrected chi connectivity index (χ1v) is 7.04. The zero-order valence-electron chi connectivity index (χ0n) is 12.1. The van der Waals surface area contributed by atoms with Gasteiger partial charge < -0.3 is 10.4 Å². The fourth-order valence-electron chi connectivity index (χ4n) is 2.08. The summed E-state index contributed by atoms with van der Waals surface area (Å²) in [6, 6.07) is 9.94. The van der Waals surface area contributed by atoms with Crippen LogP contribution in [0.5, 0.6) is 0 Å². The van der Waals surface area contributed by atoms with Gasteiger partial charge in [-0.15, -0.1) is 0 Å². The smallest absolute Gasteiger partial charge is 0.303 e. The first-order valence-electron chi connectivity index (χ1n) is 7.04. The maximum absolute atomic E-state index is 12.2. The number of carboxylic acids is 1. The van der Waals surface area contributed by atoms with Crippen molar-refractivity contribution in [2.45, 2.75) is 33.1 Å². The maximum Gasteiger partial charge on any atom is 0.303 e. The van der Waals surface area contributed by atoms with E-state index in [-0.39, 0.29) is 24.2 Å². The van der Waals surface area contributed by atoms with Gasteiger partial charge in [0.1, 0.15) is 0 Å². The van der Waals surface area contributed by atoms with Crippen LogP contribution in [-0.4, -0.2) is 23.5 Å². The van der Waals surface area contributed by atoms with E-state index in [1.54, 1.807) is 0 Å². The molecule has 0 aliphatic carbocycles. The Morgan fingerprint density at radius 1 is 1.20 bits per heavy atom. The van der Waals surface area contributed by atoms with Crippen molar-refractivity contribution < 1.29 is 14.7 Å². The Morgan fingerprint density at radius 3 is 2.40 bits per heavy atom. The lowest BCUT2D eigenvalue weighted by atomic mass is 9.88. The third-order valence-corrected chi connectivity index (χ3v) is 3.31. The monoisotopic (exact) mass is 277 g/mol. The normalized spacial score (nSPS) is 12.2. The van der Waals surface area contributed by atoms with Gasteiger partial charge >= 0.3 is 5.97 Å². The van der Waals surface area contributed by atoms with Gasteiger partial charge in [-0.05, 0) is 24.3 Å². The first kappa shape index (κ1) is 16.2. The molecular weight excluding hydrogens is 254 g/mol. The van der Waals surface area contributed by atoms with Crippen LogP contribution in [0.15, 0.2) is 30.3 Å². The zero-order valence-corrected chi connectivity index (χ0v) is 12.1. The summed E-state index contributed by atoms with van der Waals surface area (Å²) in [6.07, 6.45) is 1.27. The highest BCUT2D eigenvalue weighted by atomic mass is 16.4. The number of carbonyl (C=O) groups is 2. The van der Waals surface area contributed by atoms with Crippen molar-refractivity contribution in [3.63, 3.8) is 0 Å². The Bertz CT molecular complexity index is 429. The minimum absolute atomic E-state index is 0.00856. The average Bonchev–Trinajstić information content (AvgIpc) is 2.41. The molecule has 1 aromatic carbocycles. The van der Waals surface area contributed by atoms with Crippen LogP contribution >= 0.6 is 0 Å². The highest BCUT2D eigenvalue weighted by molar-refractivity contribution is 5.79. The molecule has 0 saturated heterocycles. The van der Waals surface area contributed by atoms with Crippen molar-refractivity contribution in [1.29, 1.82) is 0 Å². The summed E-state index contributed by atoms with van der Waals surface area (Å²) in [5, 5.41) is 11.4. The van der Waals surface area contributed by atoms with Gasteiger partial charge in [-0.1, -0.05) is 44.2 Å². The molecule has 1 aromatic rings. The van der Waals surface area contributed by atoms with Gasteiger partial charge in [-0.3, -0.25) is 9.59 Å². The van der Waals surface area contributed by atoms with E-state index < -0.39 is 5.97 Å². The van der Waals surface area contributed by atoms with Gasteiger partial charge in [0.15, 0.2) is 0 Å². The molecule has 0 saturated carbocycles. The van der Waals surface area contributed by atoms with E-state index in [9.17, 15) is 9.59 Å². The van der Waals surface area contributed by atoms with E-state index in [2.05, 4.69) is 5.32 Å². The van der Waals surface area contributed by atoms with Crippen molar-refractivity contribution in [3.05, 3.63) is 35.9 Å². The zero-order chi connectivity index (χ0) is 15.0. The third-order valence-electron chi connectivity index (χ3n) is 3.31. The second-order valence-electron chi connectivity index (χ2n) is 5.33. The van der Waals surface area contributed by atoms with Crippen LogP contribution in [0, 0.1) is 11.8 Å². The van der Waals surface area contributed by atoms with E-state index in [1.807, 2.05) is 44.2 Å². The van der Waals surface area contributed by atoms with E-state index in [0.29, 0.717) is 19.4 Å². The number of benzene rings is 1. The molecule has 1 atom stereocenters. The fourth-order valence-corrected chi connectivity index (χ4v) is 2.08. The summed E-state index contributed by atoms with van der Waals surface area (Å²) in [4.78, 5) is 22.6. The highest BCUT2D eigenvalue weighted by Crippen LogP contribution is 2.17. The molecule has 0 bridgehead atoms. The van der Waals surface area contributed by atoms with Crippen molar-refractivity contribution >= 4 is 11.9 Å². The Morgan fingerprint density at radius 2 is 1.85 bits per heavy atom. The van der Waals surface area contributed by atoms with E-state index in [4.69, 9.17) is 5.11 Å². The summed E-state index contributed by atoms with van der Waals surface area (Å²) in [5.74, 6) is -0.657. The lowest BCUT2D eigenvalue weighted by Gasteiger charge is -2.20. The third kappa shape index (κ3) is 5.87. The van der Waals surface area contributed by atoms with Crippen LogP contribution in [0.3, 0.4) is 0 Å². The van der Waals surface area contributed by atoms with E-state index in [1.165, 1.54) is 0 Å². The molecule has 0 aromatic heterocycles. The molecule has 4 nitrogen and oxygen atoms in total. The summed E-state index contributed by atoms with van der Waals surface area (Å²) in [7, 11) is 0. The number of aliphatic carboxylic acids is 1. The SMILES string of the molecule is CC(C)C(Cc1ccccc1)C(=O)NCCCC(=O)O. The first-order chi connectivity index (χ1) is 9.50. The molecule has 2 N–H and O–H groups in total. The molecule has 1 unspecified atom stereocenters. The van der Waals surface area contributed by atoms with Crippen LogP contribution in [0.2, 0.25) is 0 Å². The van der Waals surface area contributed by atoms with Crippen LogP contribution in [0.25, 0.3) is 0 Å². The minimum atomic E-state index is -0.830. The molecular formula is C16H23NO3. The average molecular weight is 277 g/mol. The Balaban J connectivity index is 2.49. The van der Waals surface area contributed by atoms with Crippen molar-refractivity contribution in [1.82, 2.24) is 5.32 Å². The molecule has 0 aliphatic rings. The maximum atomic E-state index is 12.2. The Labute approximate surface area is 120 Å². The molecule has 0 heterocycles. The van der Waals surface area contributed by atoms with Crippen molar-refractivity contribution in [2.24, 2.45) is 11.8 Å². The lowest BCUT2D eigenvalue weighted by Crippen LogP contribution is -2.35. The Kier molecular flexibility index (Phi) is 6.77.